The molecule has 1 aliphatic carbocycles. The molecule has 1 nitrogen and oxygen atoms in total. The normalized spacial score (nSPS) is 47.4. The van der Waals surface area contributed by atoms with Crippen molar-refractivity contribution >= 4 is 0 Å². The SMILES string of the molecule is CC(C)C12CCCN1C1CCCC1C2. The van der Waals surface area contributed by atoms with E-state index in [2.05, 4.69) is 18.7 Å². The minimum absolute atomic E-state index is 0.635. The standard InChI is InChI=1S/C13H23N/c1-10(2)13-7-4-8-14(13)12-6-3-5-11(12)9-13/h10-12H,3-9H2,1-2H3. The van der Waals surface area contributed by atoms with Crippen LogP contribution < -0.4 is 0 Å². The van der Waals surface area contributed by atoms with Crippen LogP contribution in [0.2, 0.25) is 0 Å². The van der Waals surface area contributed by atoms with Crippen molar-refractivity contribution in [1.82, 2.24) is 4.90 Å². The summed E-state index contributed by atoms with van der Waals surface area (Å²) < 4.78 is 0. The van der Waals surface area contributed by atoms with Gasteiger partial charge in [-0.25, -0.2) is 0 Å². The van der Waals surface area contributed by atoms with Crippen LogP contribution in [0.3, 0.4) is 0 Å². The molecule has 1 saturated carbocycles. The molecule has 0 aromatic rings. The van der Waals surface area contributed by atoms with Crippen molar-refractivity contribution in [3.05, 3.63) is 0 Å². The van der Waals surface area contributed by atoms with Gasteiger partial charge in [0, 0.05) is 11.6 Å². The zero-order valence-electron chi connectivity index (χ0n) is 9.63. The molecule has 0 aromatic carbocycles. The molecule has 3 atom stereocenters. The Morgan fingerprint density at radius 1 is 1.21 bits per heavy atom. The summed E-state index contributed by atoms with van der Waals surface area (Å²) in [5.74, 6) is 1.94. The van der Waals surface area contributed by atoms with Crippen LogP contribution in [-0.2, 0) is 0 Å². The summed E-state index contributed by atoms with van der Waals surface area (Å²) in [7, 11) is 0. The Labute approximate surface area is 87.9 Å². The molecule has 0 radical (unpaired) electrons. The first-order valence-corrected chi connectivity index (χ1v) is 6.51. The number of hydrogen-bond acceptors (Lipinski definition) is 1. The second-order valence-corrected chi connectivity index (χ2v) is 6.02. The predicted octanol–water partition coefficient (Wildman–Crippen LogP) is 3.05. The maximum Gasteiger partial charge on any atom is 0.0239 e. The minimum Gasteiger partial charge on any atom is -0.294 e. The fraction of sp³-hybridized carbons (Fsp3) is 1.00. The molecule has 0 spiro atoms. The van der Waals surface area contributed by atoms with Crippen molar-refractivity contribution in [2.45, 2.75) is 64.0 Å². The largest absolute Gasteiger partial charge is 0.294 e. The van der Waals surface area contributed by atoms with Crippen LogP contribution in [0.5, 0.6) is 0 Å². The van der Waals surface area contributed by atoms with E-state index in [0.717, 1.165) is 17.9 Å². The number of nitrogens with zero attached hydrogens (tertiary/aromatic N) is 1. The van der Waals surface area contributed by atoms with Crippen molar-refractivity contribution in [3.63, 3.8) is 0 Å². The van der Waals surface area contributed by atoms with E-state index in [-0.39, 0.29) is 0 Å². The van der Waals surface area contributed by atoms with Crippen molar-refractivity contribution in [1.29, 1.82) is 0 Å². The highest BCUT2D eigenvalue weighted by Gasteiger charge is 2.55. The van der Waals surface area contributed by atoms with Gasteiger partial charge in [0.1, 0.15) is 0 Å². The molecule has 0 amide bonds. The monoisotopic (exact) mass is 193 g/mol. The quantitative estimate of drug-likeness (QED) is 0.618. The molecule has 2 heterocycles. The highest BCUT2D eigenvalue weighted by atomic mass is 15.3. The van der Waals surface area contributed by atoms with Gasteiger partial charge in [-0.1, -0.05) is 20.3 Å². The fourth-order valence-electron chi connectivity index (χ4n) is 4.61. The molecular formula is C13H23N. The van der Waals surface area contributed by atoms with Crippen LogP contribution in [-0.4, -0.2) is 23.0 Å². The number of hydrogen-bond donors (Lipinski definition) is 0. The van der Waals surface area contributed by atoms with Gasteiger partial charge in [-0.2, -0.15) is 0 Å². The maximum absolute atomic E-state index is 2.91. The third-order valence-electron chi connectivity index (χ3n) is 5.29. The van der Waals surface area contributed by atoms with E-state index in [0.29, 0.717) is 5.54 Å². The predicted molar refractivity (Wildman–Crippen MR) is 59.3 cm³/mol. The lowest BCUT2D eigenvalue weighted by atomic mass is 9.80. The van der Waals surface area contributed by atoms with E-state index in [9.17, 15) is 0 Å². The van der Waals surface area contributed by atoms with Crippen LogP contribution in [0, 0.1) is 11.8 Å². The second-order valence-electron chi connectivity index (χ2n) is 6.02. The van der Waals surface area contributed by atoms with E-state index in [1.54, 1.807) is 0 Å². The molecule has 3 rings (SSSR count). The summed E-state index contributed by atoms with van der Waals surface area (Å²) in [6.45, 7) is 6.29. The molecule has 3 unspecified atom stereocenters. The average molecular weight is 193 g/mol. The Morgan fingerprint density at radius 2 is 2.07 bits per heavy atom. The van der Waals surface area contributed by atoms with Crippen LogP contribution in [0.1, 0.15) is 52.4 Å². The first-order chi connectivity index (χ1) is 6.74. The Kier molecular flexibility index (Phi) is 1.96. The molecule has 0 bridgehead atoms. The smallest absolute Gasteiger partial charge is 0.0239 e. The molecule has 80 valence electrons. The third kappa shape index (κ3) is 0.997. The minimum atomic E-state index is 0.635. The van der Waals surface area contributed by atoms with Gasteiger partial charge in [0.2, 0.25) is 0 Å². The van der Waals surface area contributed by atoms with Gasteiger partial charge < -0.3 is 0 Å². The zero-order valence-corrected chi connectivity index (χ0v) is 9.63. The lowest BCUT2D eigenvalue weighted by Gasteiger charge is -2.38. The molecule has 3 fully saturated rings. The molecule has 3 aliphatic rings. The third-order valence-corrected chi connectivity index (χ3v) is 5.29. The van der Waals surface area contributed by atoms with Crippen LogP contribution in [0.15, 0.2) is 0 Å². The lowest BCUT2D eigenvalue weighted by Crippen LogP contribution is -2.45. The van der Waals surface area contributed by atoms with E-state index >= 15 is 0 Å². The second kappa shape index (κ2) is 2.98. The molecular weight excluding hydrogens is 170 g/mol. The summed E-state index contributed by atoms with van der Waals surface area (Å²) in [6.07, 6.45) is 8.99. The zero-order chi connectivity index (χ0) is 9.76. The van der Waals surface area contributed by atoms with Crippen molar-refractivity contribution in [2.24, 2.45) is 11.8 Å². The van der Waals surface area contributed by atoms with Crippen LogP contribution in [0.25, 0.3) is 0 Å². The first kappa shape index (κ1) is 9.21. The van der Waals surface area contributed by atoms with Gasteiger partial charge in [-0.15, -0.1) is 0 Å². The summed E-state index contributed by atoms with van der Waals surface area (Å²) >= 11 is 0. The molecule has 0 N–H and O–H groups in total. The highest BCUT2D eigenvalue weighted by Crippen LogP contribution is 2.54. The molecule has 0 aromatic heterocycles. The van der Waals surface area contributed by atoms with Crippen molar-refractivity contribution in [2.75, 3.05) is 6.54 Å². The van der Waals surface area contributed by atoms with Crippen LogP contribution in [0.4, 0.5) is 0 Å². The Hall–Kier alpha value is -0.0400. The molecule has 14 heavy (non-hydrogen) atoms. The topological polar surface area (TPSA) is 3.24 Å². The van der Waals surface area contributed by atoms with Gasteiger partial charge in [0.05, 0.1) is 0 Å². The summed E-state index contributed by atoms with van der Waals surface area (Å²) in [5.41, 5.74) is 0.635. The van der Waals surface area contributed by atoms with Crippen LogP contribution >= 0.6 is 0 Å². The van der Waals surface area contributed by atoms with E-state index in [4.69, 9.17) is 0 Å². The van der Waals surface area contributed by atoms with Gasteiger partial charge in [-0.05, 0) is 50.5 Å². The Morgan fingerprint density at radius 3 is 2.86 bits per heavy atom. The lowest BCUT2D eigenvalue weighted by molar-refractivity contribution is 0.101. The van der Waals surface area contributed by atoms with E-state index < -0.39 is 0 Å². The highest BCUT2D eigenvalue weighted by molar-refractivity contribution is 5.10. The summed E-state index contributed by atoms with van der Waals surface area (Å²) in [5, 5.41) is 0. The first-order valence-electron chi connectivity index (χ1n) is 6.51. The number of fused-ring (bicyclic) bond motifs is 3. The average Bonchev–Trinajstić information content (AvgIpc) is 2.71. The molecule has 1 heteroatoms. The van der Waals surface area contributed by atoms with E-state index in [1.807, 2.05) is 0 Å². The summed E-state index contributed by atoms with van der Waals surface area (Å²) in [6, 6.07) is 0.986. The Bertz CT molecular complexity index is 235. The number of rotatable bonds is 1. The van der Waals surface area contributed by atoms with Gasteiger partial charge in [0.25, 0.3) is 0 Å². The van der Waals surface area contributed by atoms with Crippen molar-refractivity contribution in [3.8, 4) is 0 Å². The van der Waals surface area contributed by atoms with E-state index in [1.165, 1.54) is 45.1 Å². The van der Waals surface area contributed by atoms with Crippen molar-refractivity contribution < 1.29 is 0 Å². The Balaban J connectivity index is 1.91. The van der Waals surface area contributed by atoms with Gasteiger partial charge in [-0.3, -0.25) is 4.90 Å². The van der Waals surface area contributed by atoms with Gasteiger partial charge in [0.15, 0.2) is 0 Å². The maximum atomic E-state index is 2.91. The summed E-state index contributed by atoms with van der Waals surface area (Å²) in [4.78, 5) is 2.91. The molecule has 2 aliphatic heterocycles. The fourth-order valence-corrected chi connectivity index (χ4v) is 4.61. The van der Waals surface area contributed by atoms with Gasteiger partial charge >= 0.3 is 0 Å². The molecule has 2 saturated heterocycles.